The van der Waals surface area contributed by atoms with E-state index in [1.165, 1.54) is 11.3 Å². The summed E-state index contributed by atoms with van der Waals surface area (Å²) in [5.74, 6) is -1.63. The van der Waals surface area contributed by atoms with E-state index in [1.807, 2.05) is 0 Å². The first-order valence-corrected chi connectivity index (χ1v) is 11.8. The number of fused-ring (bicyclic) bond motifs is 1. The minimum absolute atomic E-state index is 0.196. The van der Waals surface area contributed by atoms with Gasteiger partial charge in [-0.1, -0.05) is 0 Å². The van der Waals surface area contributed by atoms with Crippen molar-refractivity contribution in [2.45, 2.75) is 57.2 Å². The van der Waals surface area contributed by atoms with Crippen molar-refractivity contribution < 1.29 is 28.2 Å². The van der Waals surface area contributed by atoms with Crippen LogP contribution in [0, 0.1) is 5.92 Å². The second-order valence-corrected chi connectivity index (χ2v) is 10.2. The van der Waals surface area contributed by atoms with E-state index in [0.717, 1.165) is 47.7 Å². The number of nitrogens with one attached hydrogen (secondary N) is 1. The highest BCUT2D eigenvalue weighted by Gasteiger charge is 2.35. The van der Waals surface area contributed by atoms with Crippen LogP contribution in [0.25, 0.3) is 10.2 Å². The van der Waals surface area contributed by atoms with Crippen LogP contribution < -0.4 is 5.32 Å². The number of hydrogen-bond acceptors (Lipinski definition) is 7. The molecule has 2 aromatic heterocycles. The summed E-state index contributed by atoms with van der Waals surface area (Å²) in [6, 6.07) is 4.48. The van der Waals surface area contributed by atoms with Gasteiger partial charge in [-0.05, 0) is 63.6 Å². The van der Waals surface area contributed by atoms with E-state index >= 15 is 0 Å². The molecule has 0 bridgehead atoms. The Morgan fingerprint density at radius 1 is 1.18 bits per heavy atom. The number of amides is 1. The number of hydrogen-bond donors (Lipinski definition) is 3. The number of alkyl halides is 3. The van der Waals surface area contributed by atoms with E-state index in [2.05, 4.69) is 15.3 Å². The van der Waals surface area contributed by atoms with Crippen LogP contribution in [0.15, 0.2) is 24.4 Å². The lowest BCUT2D eigenvalue weighted by Gasteiger charge is -2.25. The molecule has 1 fully saturated rings. The molecule has 3 aromatic rings. The van der Waals surface area contributed by atoms with Crippen LogP contribution >= 0.6 is 11.3 Å². The smallest absolute Gasteiger partial charge is 0.396 e. The van der Waals surface area contributed by atoms with Crippen molar-refractivity contribution in [3.8, 4) is 0 Å². The second kappa shape index (κ2) is 9.20. The fraction of sp³-hybridized carbons (Fsp3) is 0.478. The highest BCUT2D eigenvalue weighted by atomic mass is 32.1. The molecule has 34 heavy (non-hydrogen) atoms. The van der Waals surface area contributed by atoms with Crippen molar-refractivity contribution in [2.24, 2.45) is 5.92 Å². The molecule has 1 aromatic carbocycles. The van der Waals surface area contributed by atoms with E-state index in [9.17, 15) is 28.2 Å². The Hall–Kier alpha value is -2.63. The van der Waals surface area contributed by atoms with Crippen LogP contribution in [0.3, 0.4) is 0 Å². The number of rotatable bonds is 5. The third kappa shape index (κ3) is 5.21. The normalized spacial score (nSPS) is 19.4. The number of halogens is 3. The van der Waals surface area contributed by atoms with Crippen LogP contribution in [-0.4, -0.2) is 37.7 Å². The fourth-order valence-electron chi connectivity index (χ4n) is 4.18. The molecule has 0 unspecified atom stereocenters. The summed E-state index contributed by atoms with van der Waals surface area (Å²) < 4.78 is 39.6. The standard InChI is InChI=1S/C23H25F3N4O3S/c1-22(2,33)14-9-17-18(34-20(29-17)13-5-3-12(11-31)4-6-13)10-16(14)28-19(32)15-7-8-27-21(30-15)23(24,25)26/h7-10,12-13,31,33H,3-6,11H2,1-2H3,(H,28,32)/t12-,13-. The van der Waals surface area contributed by atoms with Gasteiger partial charge in [-0.2, -0.15) is 13.2 Å². The average Bonchev–Trinajstić information content (AvgIpc) is 3.20. The second-order valence-electron chi connectivity index (χ2n) is 9.09. The summed E-state index contributed by atoms with van der Waals surface area (Å²) in [4.78, 5) is 24.0. The van der Waals surface area contributed by atoms with Gasteiger partial charge in [0.1, 0.15) is 5.69 Å². The maximum absolute atomic E-state index is 12.9. The molecule has 4 rings (SSSR count). The molecule has 11 heteroatoms. The SMILES string of the molecule is CC(C)(O)c1cc2nc([C@H]3CC[C@H](CO)CC3)sc2cc1NC(=O)c1ccnc(C(F)(F)F)n1. The molecule has 3 N–H and O–H groups in total. The average molecular weight is 495 g/mol. The summed E-state index contributed by atoms with van der Waals surface area (Å²) in [6.07, 6.45) is -0.155. The van der Waals surface area contributed by atoms with Crippen molar-refractivity contribution >= 4 is 33.1 Å². The maximum Gasteiger partial charge on any atom is 0.451 e. The molecule has 1 amide bonds. The zero-order valence-corrected chi connectivity index (χ0v) is 19.5. The van der Waals surface area contributed by atoms with Gasteiger partial charge >= 0.3 is 6.18 Å². The van der Waals surface area contributed by atoms with Crippen molar-refractivity contribution in [1.82, 2.24) is 15.0 Å². The number of anilines is 1. The third-order valence-corrected chi connectivity index (χ3v) is 7.23. The predicted octanol–water partition coefficient (Wildman–Crippen LogP) is 4.85. The minimum atomic E-state index is -4.77. The Morgan fingerprint density at radius 2 is 1.88 bits per heavy atom. The first-order chi connectivity index (χ1) is 16.0. The lowest BCUT2D eigenvalue weighted by atomic mass is 9.83. The zero-order chi connectivity index (χ0) is 24.7. The lowest BCUT2D eigenvalue weighted by Crippen LogP contribution is -2.22. The van der Waals surface area contributed by atoms with Gasteiger partial charge in [0.2, 0.25) is 5.82 Å². The van der Waals surface area contributed by atoms with Crippen LogP contribution in [0.1, 0.15) is 72.3 Å². The third-order valence-electron chi connectivity index (χ3n) is 6.05. The number of aromatic nitrogens is 3. The molecule has 0 atom stereocenters. The molecule has 0 saturated heterocycles. The van der Waals surface area contributed by atoms with Crippen molar-refractivity contribution in [3.63, 3.8) is 0 Å². The molecule has 2 heterocycles. The van der Waals surface area contributed by atoms with E-state index < -0.39 is 29.2 Å². The topological polar surface area (TPSA) is 108 Å². The summed E-state index contributed by atoms with van der Waals surface area (Å²) in [6.45, 7) is 3.31. The molecular formula is C23H25F3N4O3S. The van der Waals surface area contributed by atoms with Gasteiger partial charge < -0.3 is 15.5 Å². The molecule has 1 aliphatic carbocycles. The Kier molecular flexibility index (Phi) is 6.63. The van der Waals surface area contributed by atoms with Crippen molar-refractivity contribution in [2.75, 3.05) is 11.9 Å². The quantitative estimate of drug-likeness (QED) is 0.468. The highest BCUT2D eigenvalue weighted by molar-refractivity contribution is 7.18. The van der Waals surface area contributed by atoms with Gasteiger partial charge in [0, 0.05) is 30.0 Å². The minimum Gasteiger partial charge on any atom is -0.396 e. The number of aliphatic hydroxyl groups excluding tert-OH is 1. The highest BCUT2D eigenvalue weighted by Crippen LogP contribution is 2.41. The predicted molar refractivity (Wildman–Crippen MR) is 122 cm³/mol. The summed E-state index contributed by atoms with van der Waals surface area (Å²) >= 11 is 1.49. The molecule has 0 spiro atoms. The van der Waals surface area contributed by atoms with Crippen molar-refractivity contribution in [3.05, 3.63) is 46.5 Å². The number of thiazole rings is 1. The van der Waals surface area contributed by atoms with Crippen molar-refractivity contribution in [1.29, 1.82) is 0 Å². The number of benzene rings is 1. The summed E-state index contributed by atoms with van der Waals surface area (Å²) in [5.41, 5.74) is -0.436. The Morgan fingerprint density at radius 3 is 2.50 bits per heavy atom. The lowest BCUT2D eigenvalue weighted by molar-refractivity contribution is -0.145. The van der Waals surface area contributed by atoms with Gasteiger partial charge in [-0.15, -0.1) is 11.3 Å². The monoisotopic (exact) mass is 494 g/mol. The molecule has 0 aliphatic heterocycles. The molecule has 7 nitrogen and oxygen atoms in total. The Balaban J connectivity index is 1.66. The molecule has 1 aliphatic rings. The van der Waals surface area contributed by atoms with E-state index in [4.69, 9.17) is 4.98 Å². The van der Waals surface area contributed by atoms with E-state index in [1.54, 1.807) is 26.0 Å². The van der Waals surface area contributed by atoms with Crippen LogP contribution in [0.2, 0.25) is 0 Å². The van der Waals surface area contributed by atoms with Gasteiger partial charge in [-0.3, -0.25) is 4.79 Å². The Labute approximate surface area is 198 Å². The molecule has 0 radical (unpaired) electrons. The Bertz CT molecular complexity index is 1200. The number of nitrogens with zero attached hydrogens (tertiary/aromatic N) is 3. The molecule has 1 saturated carbocycles. The van der Waals surface area contributed by atoms with Crippen LogP contribution in [-0.2, 0) is 11.8 Å². The van der Waals surface area contributed by atoms with Crippen LogP contribution in [0.5, 0.6) is 0 Å². The van der Waals surface area contributed by atoms with E-state index in [0.29, 0.717) is 17.0 Å². The zero-order valence-electron chi connectivity index (χ0n) is 18.7. The first kappa shape index (κ1) is 24.5. The largest absolute Gasteiger partial charge is 0.451 e. The maximum atomic E-state index is 12.9. The van der Waals surface area contributed by atoms with Gasteiger partial charge in [-0.25, -0.2) is 15.0 Å². The molecular weight excluding hydrogens is 469 g/mol. The number of carbonyl (C=O) groups excluding carboxylic acids is 1. The first-order valence-electron chi connectivity index (χ1n) is 11.0. The van der Waals surface area contributed by atoms with Gasteiger partial charge in [0.05, 0.1) is 20.8 Å². The number of aliphatic hydroxyl groups is 2. The van der Waals surface area contributed by atoms with Gasteiger partial charge in [0.15, 0.2) is 0 Å². The summed E-state index contributed by atoms with van der Waals surface area (Å²) in [5, 5.41) is 23.6. The molecule has 182 valence electrons. The number of carbonyl (C=O) groups is 1. The van der Waals surface area contributed by atoms with Crippen LogP contribution in [0.4, 0.5) is 18.9 Å². The van der Waals surface area contributed by atoms with E-state index in [-0.39, 0.29) is 18.2 Å². The summed E-state index contributed by atoms with van der Waals surface area (Å²) in [7, 11) is 0. The van der Waals surface area contributed by atoms with Gasteiger partial charge in [0.25, 0.3) is 5.91 Å². The fourth-order valence-corrected chi connectivity index (χ4v) is 5.33.